The standard InChI is InChI=1S/C12H15BrN2O4/c1-2-5-14(8-12(16)17)7-9-3-4-10(15(18)19)6-11(9)13/h3-4,6H,2,5,7-8H2,1H3,(H,16,17). The molecular formula is C12H15BrN2O4. The number of rotatable bonds is 7. The lowest BCUT2D eigenvalue weighted by Crippen LogP contribution is -2.30. The molecule has 1 aromatic carbocycles. The molecule has 104 valence electrons. The number of nitrogens with zero attached hydrogens (tertiary/aromatic N) is 2. The van der Waals surface area contributed by atoms with Gasteiger partial charge in [0.2, 0.25) is 0 Å². The van der Waals surface area contributed by atoms with Crippen molar-refractivity contribution in [2.45, 2.75) is 19.9 Å². The highest BCUT2D eigenvalue weighted by atomic mass is 79.9. The summed E-state index contributed by atoms with van der Waals surface area (Å²) in [5.41, 5.74) is 0.844. The quantitative estimate of drug-likeness (QED) is 0.613. The van der Waals surface area contributed by atoms with E-state index in [4.69, 9.17) is 5.11 Å². The molecule has 0 amide bonds. The summed E-state index contributed by atoms with van der Waals surface area (Å²) in [5, 5.41) is 19.5. The number of non-ortho nitro benzene ring substituents is 1. The van der Waals surface area contributed by atoms with Crippen LogP contribution < -0.4 is 0 Å². The first kappa shape index (κ1) is 15.6. The highest BCUT2D eigenvalue weighted by Crippen LogP contribution is 2.24. The van der Waals surface area contributed by atoms with Gasteiger partial charge in [-0.25, -0.2) is 0 Å². The molecule has 1 aromatic rings. The number of carboxylic acids is 1. The van der Waals surface area contributed by atoms with E-state index in [1.807, 2.05) is 6.92 Å². The summed E-state index contributed by atoms with van der Waals surface area (Å²) in [6, 6.07) is 4.50. The van der Waals surface area contributed by atoms with Crippen molar-refractivity contribution >= 4 is 27.6 Å². The van der Waals surface area contributed by atoms with Gasteiger partial charge >= 0.3 is 5.97 Å². The van der Waals surface area contributed by atoms with Crippen molar-refractivity contribution in [1.82, 2.24) is 4.90 Å². The molecule has 6 nitrogen and oxygen atoms in total. The zero-order valence-corrected chi connectivity index (χ0v) is 12.1. The second-order valence-electron chi connectivity index (χ2n) is 4.14. The number of halogens is 1. The number of hydrogen-bond donors (Lipinski definition) is 1. The highest BCUT2D eigenvalue weighted by molar-refractivity contribution is 9.10. The first-order valence-corrected chi connectivity index (χ1v) is 6.60. The van der Waals surface area contributed by atoms with E-state index < -0.39 is 10.9 Å². The number of nitro groups is 1. The van der Waals surface area contributed by atoms with Crippen molar-refractivity contribution in [3.8, 4) is 0 Å². The minimum absolute atomic E-state index is 0.0101. The van der Waals surface area contributed by atoms with Gasteiger partial charge in [-0.15, -0.1) is 0 Å². The maximum Gasteiger partial charge on any atom is 0.317 e. The molecule has 0 aromatic heterocycles. The summed E-state index contributed by atoms with van der Waals surface area (Å²) in [6.45, 7) is 3.03. The molecule has 0 radical (unpaired) electrons. The van der Waals surface area contributed by atoms with Gasteiger partial charge in [-0.3, -0.25) is 19.8 Å². The average Bonchev–Trinajstić information content (AvgIpc) is 2.31. The van der Waals surface area contributed by atoms with E-state index in [0.717, 1.165) is 12.0 Å². The van der Waals surface area contributed by atoms with Crippen molar-refractivity contribution in [3.63, 3.8) is 0 Å². The molecule has 0 aliphatic rings. The van der Waals surface area contributed by atoms with Crippen LogP contribution in [0.4, 0.5) is 5.69 Å². The lowest BCUT2D eigenvalue weighted by Gasteiger charge is -2.20. The van der Waals surface area contributed by atoms with Crippen LogP contribution in [0.15, 0.2) is 22.7 Å². The Morgan fingerprint density at radius 1 is 1.53 bits per heavy atom. The van der Waals surface area contributed by atoms with Gasteiger partial charge in [0.1, 0.15) is 0 Å². The molecule has 0 bridgehead atoms. The second kappa shape index (κ2) is 7.20. The number of carbonyl (C=O) groups is 1. The third-order valence-electron chi connectivity index (χ3n) is 2.54. The van der Waals surface area contributed by atoms with Crippen molar-refractivity contribution in [1.29, 1.82) is 0 Å². The second-order valence-corrected chi connectivity index (χ2v) is 4.99. The van der Waals surface area contributed by atoms with Crippen LogP contribution in [0.1, 0.15) is 18.9 Å². The van der Waals surface area contributed by atoms with E-state index in [0.29, 0.717) is 17.6 Å². The topological polar surface area (TPSA) is 83.7 Å². The van der Waals surface area contributed by atoms with Gasteiger partial charge in [-0.05, 0) is 24.6 Å². The zero-order valence-electron chi connectivity index (χ0n) is 10.5. The third-order valence-corrected chi connectivity index (χ3v) is 3.28. The van der Waals surface area contributed by atoms with Crippen molar-refractivity contribution in [3.05, 3.63) is 38.3 Å². The van der Waals surface area contributed by atoms with Crippen LogP contribution in [-0.2, 0) is 11.3 Å². The highest BCUT2D eigenvalue weighted by Gasteiger charge is 2.13. The van der Waals surface area contributed by atoms with Crippen LogP contribution in [0.3, 0.4) is 0 Å². The molecule has 7 heteroatoms. The first-order valence-electron chi connectivity index (χ1n) is 5.81. The fourth-order valence-corrected chi connectivity index (χ4v) is 2.23. The summed E-state index contributed by atoms with van der Waals surface area (Å²) >= 11 is 3.28. The van der Waals surface area contributed by atoms with Gasteiger partial charge in [0.15, 0.2) is 0 Å². The minimum Gasteiger partial charge on any atom is -0.480 e. The smallest absolute Gasteiger partial charge is 0.317 e. The van der Waals surface area contributed by atoms with Gasteiger partial charge in [-0.1, -0.05) is 22.9 Å². The molecule has 0 heterocycles. The Balaban J connectivity index is 2.84. The summed E-state index contributed by atoms with van der Waals surface area (Å²) < 4.78 is 0.619. The molecule has 0 saturated heterocycles. The van der Waals surface area contributed by atoms with Crippen molar-refractivity contribution in [2.24, 2.45) is 0 Å². The SMILES string of the molecule is CCCN(CC(=O)O)Cc1ccc([N+](=O)[O-])cc1Br. The third kappa shape index (κ3) is 4.96. The number of aliphatic carboxylic acids is 1. The van der Waals surface area contributed by atoms with Crippen LogP contribution >= 0.6 is 15.9 Å². The van der Waals surface area contributed by atoms with Gasteiger partial charge in [0.05, 0.1) is 11.5 Å². The zero-order chi connectivity index (χ0) is 14.4. The summed E-state index contributed by atoms with van der Waals surface area (Å²) in [5.74, 6) is -0.883. The maximum absolute atomic E-state index is 10.8. The fourth-order valence-electron chi connectivity index (χ4n) is 1.74. The Bertz CT molecular complexity index is 479. The van der Waals surface area contributed by atoms with E-state index >= 15 is 0 Å². The molecule has 1 rings (SSSR count). The predicted molar refractivity (Wildman–Crippen MR) is 74.0 cm³/mol. The lowest BCUT2D eigenvalue weighted by atomic mass is 10.2. The molecular weight excluding hydrogens is 316 g/mol. The van der Waals surface area contributed by atoms with Crippen LogP contribution in [0.25, 0.3) is 0 Å². The maximum atomic E-state index is 10.8. The predicted octanol–water partition coefficient (Wildman–Crippen LogP) is 2.65. The van der Waals surface area contributed by atoms with Crippen molar-refractivity contribution < 1.29 is 14.8 Å². The molecule has 0 aliphatic carbocycles. The van der Waals surface area contributed by atoms with Crippen molar-refractivity contribution in [2.75, 3.05) is 13.1 Å². The Kier molecular flexibility index (Phi) is 5.91. The summed E-state index contributed by atoms with van der Waals surface area (Å²) in [6.07, 6.45) is 0.845. The molecule has 0 fully saturated rings. The van der Waals surface area contributed by atoms with E-state index in [-0.39, 0.29) is 12.2 Å². The van der Waals surface area contributed by atoms with Gasteiger partial charge in [0, 0.05) is 23.2 Å². The van der Waals surface area contributed by atoms with Crippen LogP contribution in [0, 0.1) is 10.1 Å². The van der Waals surface area contributed by atoms with E-state index in [2.05, 4.69) is 15.9 Å². The molecule has 0 aliphatic heterocycles. The Labute approximate surface area is 119 Å². The number of hydrogen-bond acceptors (Lipinski definition) is 4. The van der Waals surface area contributed by atoms with Crippen LogP contribution in [0.5, 0.6) is 0 Å². The Hall–Kier alpha value is -1.47. The Morgan fingerprint density at radius 3 is 2.68 bits per heavy atom. The molecule has 0 atom stereocenters. The summed E-state index contributed by atoms with van der Waals surface area (Å²) in [7, 11) is 0. The molecule has 0 saturated carbocycles. The average molecular weight is 331 g/mol. The number of nitro benzene ring substituents is 1. The van der Waals surface area contributed by atoms with Gasteiger partial charge < -0.3 is 5.11 Å². The molecule has 0 unspecified atom stereocenters. The van der Waals surface area contributed by atoms with E-state index in [1.54, 1.807) is 11.0 Å². The normalized spacial score (nSPS) is 10.7. The largest absolute Gasteiger partial charge is 0.480 e. The summed E-state index contributed by atoms with van der Waals surface area (Å²) in [4.78, 5) is 22.7. The van der Waals surface area contributed by atoms with E-state index in [9.17, 15) is 14.9 Å². The minimum atomic E-state index is -0.883. The molecule has 1 N–H and O–H groups in total. The number of benzene rings is 1. The van der Waals surface area contributed by atoms with Crippen LogP contribution in [0.2, 0.25) is 0 Å². The van der Waals surface area contributed by atoms with E-state index in [1.165, 1.54) is 12.1 Å². The fraction of sp³-hybridized carbons (Fsp3) is 0.417. The first-order chi connectivity index (χ1) is 8.93. The van der Waals surface area contributed by atoms with Crippen LogP contribution in [-0.4, -0.2) is 34.0 Å². The molecule has 0 spiro atoms. The Morgan fingerprint density at radius 2 is 2.21 bits per heavy atom. The number of carboxylic acid groups (broad SMARTS) is 1. The monoisotopic (exact) mass is 330 g/mol. The van der Waals surface area contributed by atoms with Gasteiger partial charge in [-0.2, -0.15) is 0 Å². The molecule has 19 heavy (non-hydrogen) atoms. The lowest BCUT2D eigenvalue weighted by molar-refractivity contribution is -0.384. The van der Waals surface area contributed by atoms with Gasteiger partial charge in [0.25, 0.3) is 5.69 Å².